The number of ether oxygens (including phenoxy) is 1. The first-order chi connectivity index (χ1) is 14.4. The number of carbonyl (C=O) groups is 1. The van der Waals surface area contributed by atoms with Gasteiger partial charge in [-0.25, -0.2) is 0 Å². The number of benzene rings is 3. The van der Waals surface area contributed by atoms with E-state index in [1.165, 1.54) is 6.07 Å². The summed E-state index contributed by atoms with van der Waals surface area (Å²) >= 11 is 12.0. The summed E-state index contributed by atoms with van der Waals surface area (Å²) < 4.78 is 5.91. The second-order valence-electron chi connectivity index (χ2n) is 7.21. The second kappa shape index (κ2) is 8.52. The van der Waals surface area contributed by atoms with Crippen LogP contribution in [0.1, 0.15) is 27.0 Å². The van der Waals surface area contributed by atoms with Crippen LogP contribution in [0.4, 0.5) is 0 Å². The van der Waals surface area contributed by atoms with Crippen LogP contribution in [-0.2, 0) is 13.1 Å². The SMILES string of the molecule is CN(Cc1ccccc1)Cc1c(O)ccc2c1O/C(=C\c1ccc(Cl)c(Cl)c1)C2=O. The third kappa shape index (κ3) is 4.21. The Kier molecular flexibility index (Phi) is 5.82. The van der Waals surface area contributed by atoms with Crippen LogP contribution in [0.25, 0.3) is 6.08 Å². The van der Waals surface area contributed by atoms with Gasteiger partial charge in [-0.2, -0.15) is 0 Å². The average molecular weight is 440 g/mol. The van der Waals surface area contributed by atoms with Crippen molar-refractivity contribution >= 4 is 35.1 Å². The lowest BCUT2D eigenvalue weighted by molar-refractivity contribution is 0.101. The predicted molar refractivity (Wildman–Crippen MR) is 119 cm³/mol. The van der Waals surface area contributed by atoms with Crippen molar-refractivity contribution in [1.29, 1.82) is 0 Å². The Morgan fingerprint density at radius 3 is 2.50 bits per heavy atom. The zero-order chi connectivity index (χ0) is 21.3. The van der Waals surface area contributed by atoms with Gasteiger partial charge >= 0.3 is 0 Å². The van der Waals surface area contributed by atoms with Gasteiger partial charge in [0.15, 0.2) is 5.76 Å². The maximum absolute atomic E-state index is 12.8. The molecule has 0 radical (unpaired) electrons. The lowest BCUT2D eigenvalue weighted by Gasteiger charge is -2.19. The summed E-state index contributed by atoms with van der Waals surface area (Å²) in [5.74, 6) is 0.437. The Labute approximate surface area is 184 Å². The Morgan fingerprint density at radius 2 is 1.77 bits per heavy atom. The third-order valence-corrected chi connectivity index (χ3v) is 5.62. The molecule has 0 fully saturated rings. The molecule has 30 heavy (non-hydrogen) atoms. The predicted octanol–water partition coefficient (Wildman–Crippen LogP) is 5.95. The number of Topliss-reactive ketones (excluding diaryl/α,β-unsaturated/α-hetero) is 1. The largest absolute Gasteiger partial charge is 0.507 e. The molecule has 1 aliphatic heterocycles. The molecule has 1 heterocycles. The Balaban J connectivity index is 1.61. The van der Waals surface area contributed by atoms with E-state index in [1.54, 1.807) is 30.3 Å². The molecule has 152 valence electrons. The van der Waals surface area contributed by atoms with Gasteiger partial charge in [-0.05, 0) is 48.5 Å². The number of halogens is 2. The summed E-state index contributed by atoms with van der Waals surface area (Å²) in [6.07, 6.45) is 1.62. The van der Waals surface area contributed by atoms with Gasteiger partial charge in [0.25, 0.3) is 0 Å². The maximum atomic E-state index is 12.8. The fraction of sp³-hybridized carbons (Fsp3) is 0.125. The minimum Gasteiger partial charge on any atom is -0.507 e. The molecule has 0 atom stereocenters. The minimum atomic E-state index is -0.233. The van der Waals surface area contributed by atoms with E-state index in [0.29, 0.717) is 45.6 Å². The normalized spacial score (nSPS) is 14.3. The summed E-state index contributed by atoms with van der Waals surface area (Å²) in [5, 5.41) is 11.3. The first kappa shape index (κ1) is 20.5. The molecule has 3 aromatic rings. The molecule has 0 spiro atoms. The minimum absolute atomic E-state index is 0.0947. The molecule has 0 saturated carbocycles. The van der Waals surface area contributed by atoms with Crippen LogP contribution >= 0.6 is 23.2 Å². The number of hydrogen-bond acceptors (Lipinski definition) is 4. The number of rotatable bonds is 5. The molecule has 0 unspecified atom stereocenters. The van der Waals surface area contributed by atoms with E-state index in [9.17, 15) is 9.90 Å². The Bertz CT molecular complexity index is 1140. The van der Waals surface area contributed by atoms with E-state index < -0.39 is 0 Å². The fourth-order valence-electron chi connectivity index (χ4n) is 3.42. The number of aromatic hydroxyl groups is 1. The molecule has 0 amide bonds. The summed E-state index contributed by atoms with van der Waals surface area (Å²) in [4.78, 5) is 14.9. The molecular weight excluding hydrogens is 421 g/mol. The van der Waals surface area contributed by atoms with E-state index in [-0.39, 0.29) is 17.3 Å². The van der Waals surface area contributed by atoms with Gasteiger partial charge < -0.3 is 9.84 Å². The number of hydrogen-bond donors (Lipinski definition) is 1. The first-order valence-corrected chi connectivity index (χ1v) is 10.1. The molecular formula is C24H19Cl2NO3. The zero-order valence-electron chi connectivity index (χ0n) is 16.2. The van der Waals surface area contributed by atoms with Gasteiger partial charge in [-0.1, -0.05) is 59.6 Å². The van der Waals surface area contributed by atoms with Crippen molar-refractivity contribution in [3.8, 4) is 11.5 Å². The monoisotopic (exact) mass is 439 g/mol. The van der Waals surface area contributed by atoms with Gasteiger partial charge in [0.1, 0.15) is 11.5 Å². The number of allylic oxidation sites excluding steroid dienone is 1. The van der Waals surface area contributed by atoms with Gasteiger partial charge in [0, 0.05) is 13.1 Å². The molecule has 6 heteroatoms. The number of ketones is 1. The molecule has 0 bridgehead atoms. The van der Waals surface area contributed by atoms with E-state index in [4.69, 9.17) is 27.9 Å². The van der Waals surface area contributed by atoms with Gasteiger partial charge in [-0.3, -0.25) is 9.69 Å². The standard InChI is InChI=1S/C24H19Cl2NO3/c1-27(13-15-5-3-2-4-6-15)14-18-21(28)10-8-17-23(29)22(30-24(17)18)12-16-7-9-19(25)20(26)11-16/h2-12,28H,13-14H2,1H3/b22-12-. The molecule has 0 aromatic heterocycles. The average Bonchev–Trinajstić information content (AvgIpc) is 3.03. The molecule has 0 aliphatic carbocycles. The van der Waals surface area contributed by atoms with Crippen molar-refractivity contribution in [1.82, 2.24) is 4.90 Å². The summed E-state index contributed by atoms with van der Waals surface area (Å²) in [6.45, 7) is 1.13. The van der Waals surface area contributed by atoms with Crippen molar-refractivity contribution in [2.24, 2.45) is 0 Å². The fourth-order valence-corrected chi connectivity index (χ4v) is 3.73. The quantitative estimate of drug-likeness (QED) is 0.499. The zero-order valence-corrected chi connectivity index (χ0v) is 17.7. The lowest BCUT2D eigenvalue weighted by atomic mass is 10.0. The topological polar surface area (TPSA) is 49.8 Å². The first-order valence-electron chi connectivity index (χ1n) is 9.39. The van der Waals surface area contributed by atoms with Crippen LogP contribution in [0.5, 0.6) is 11.5 Å². The van der Waals surface area contributed by atoms with E-state index in [0.717, 1.165) is 5.56 Å². The highest BCUT2D eigenvalue weighted by Crippen LogP contribution is 2.40. The highest BCUT2D eigenvalue weighted by atomic mass is 35.5. The highest BCUT2D eigenvalue weighted by molar-refractivity contribution is 6.42. The van der Waals surface area contributed by atoms with Crippen LogP contribution in [-0.4, -0.2) is 22.8 Å². The molecule has 1 N–H and O–H groups in total. The van der Waals surface area contributed by atoms with Crippen LogP contribution in [0, 0.1) is 0 Å². The molecule has 4 rings (SSSR count). The number of fused-ring (bicyclic) bond motifs is 1. The van der Waals surface area contributed by atoms with E-state index in [2.05, 4.69) is 4.90 Å². The van der Waals surface area contributed by atoms with Crippen LogP contribution < -0.4 is 4.74 Å². The number of phenolic OH excluding ortho intramolecular Hbond substituents is 1. The molecule has 0 saturated heterocycles. The number of carbonyl (C=O) groups excluding carboxylic acids is 1. The smallest absolute Gasteiger partial charge is 0.231 e. The Hall–Kier alpha value is -2.79. The summed E-state index contributed by atoms with van der Waals surface area (Å²) in [7, 11) is 1.95. The number of phenols is 1. The summed E-state index contributed by atoms with van der Waals surface area (Å²) in [6, 6.07) is 18.3. The van der Waals surface area contributed by atoms with Gasteiger partial charge in [-0.15, -0.1) is 0 Å². The van der Waals surface area contributed by atoms with Gasteiger partial charge in [0.2, 0.25) is 5.78 Å². The van der Waals surface area contributed by atoms with Crippen molar-refractivity contribution in [3.05, 3.63) is 98.7 Å². The van der Waals surface area contributed by atoms with E-state index >= 15 is 0 Å². The van der Waals surface area contributed by atoms with Crippen molar-refractivity contribution in [2.45, 2.75) is 13.1 Å². The van der Waals surface area contributed by atoms with Crippen LogP contribution in [0.3, 0.4) is 0 Å². The van der Waals surface area contributed by atoms with Crippen molar-refractivity contribution in [3.63, 3.8) is 0 Å². The van der Waals surface area contributed by atoms with Gasteiger partial charge in [0.05, 0.1) is 21.2 Å². The lowest BCUT2D eigenvalue weighted by Crippen LogP contribution is -2.17. The Morgan fingerprint density at radius 1 is 1.00 bits per heavy atom. The van der Waals surface area contributed by atoms with E-state index in [1.807, 2.05) is 37.4 Å². The second-order valence-corrected chi connectivity index (χ2v) is 8.03. The van der Waals surface area contributed by atoms with Crippen LogP contribution in [0.2, 0.25) is 10.0 Å². The number of nitrogens with zero attached hydrogens (tertiary/aromatic N) is 1. The molecule has 4 nitrogen and oxygen atoms in total. The highest BCUT2D eigenvalue weighted by Gasteiger charge is 2.31. The maximum Gasteiger partial charge on any atom is 0.231 e. The van der Waals surface area contributed by atoms with Crippen LogP contribution in [0.15, 0.2) is 66.4 Å². The van der Waals surface area contributed by atoms with Crippen molar-refractivity contribution < 1.29 is 14.6 Å². The molecule has 3 aromatic carbocycles. The summed E-state index contributed by atoms with van der Waals surface area (Å²) in [5.41, 5.74) is 2.87. The third-order valence-electron chi connectivity index (χ3n) is 4.88. The van der Waals surface area contributed by atoms with Crippen molar-refractivity contribution in [2.75, 3.05) is 7.05 Å². The molecule has 1 aliphatic rings.